The highest BCUT2D eigenvalue weighted by Gasteiger charge is 2.20. The second-order valence-electron chi connectivity index (χ2n) is 3.97. The van der Waals surface area contributed by atoms with Gasteiger partial charge in [0.05, 0.1) is 19.6 Å². The molecule has 0 radical (unpaired) electrons. The Morgan fingerprint density at radius 1 is 1.42 bits per heavy atom. The average molecular weight is 289 g/mol. The van der Waals surface area contributed by atoms with Crippen LogP contribution in [-0.2, 0) is 14.3 Å². The van der Waals surface area contributed by atoms with Crippen LogP contribution in [0.4, 0.5) is 4.39 Å². The molecule has 1 N–H and O–H groups in total. The number of benzene rings is 1. The Hall–Kier alpha value is -1.46. The molecule has 104 valence electrons. The Morgan fingerprint density at radius 3 is 2.68 bits per heavy atom. The van der Waals surface area contributed by atoms with Crippen LogP contribution in [0, 0.1) is 5.82 Å². The number of aliphatic hydroxyl groups excluding tert-OH is 1. The number of hydrogen-bond acceptors (Lipinski definition) is 4. The Bertz CT molecular complexity index is 455. The van der Waals surface area contributed by atoms with Crippen molar-refractivity contribution in [2.45, 2.75) is 25.4 Å². The zero-order chi connectivity index (χ0) is 14.4. The van der Waals surface area contributed by atoms with Crippen LogP contribution in [-0.4, -0.2) is 24.0 Å². The smallest absolute Gasteiger partial charge is 0.305 e. The summed E-state index contributed by atoms with van der Waals surface area (Å²) in [6.07, 6.45) is -1.74. The highest BCUT2D eigenvalue weighted by Crippen LogP contribution is 2.28. The maximum atomic E-state index is 13.5. The topological polar surface area (TPSA) is 63.6 Å². The lowest BCUT2D eigenvalue weighted by Gasteiger charge is -2.12. The van der Waals surface area contributed by atoms with Crippen molar-refractivity contribution in [3.05, 3.63) is 34.6 Å². The molecule has 1 atom stereocenters. The van der Waals surface area contributed by atoms with Crippen molar-refractivity contribution in [2.24, 2.45) is 0 Å². The Kier molecular flexibility index (Phi) is 5.92. The summed E-state index contributed by atoms with van der Waals surface area (Å²) in [5.74, 6) is -1.54. The van der Waals surface area contributed by atoms with Crippen LogP contribution in [0.25, 0.3) is 0 Å². The number of hydrogen-bond donors (Lipinski definition) is 1. The largest absolute Gasteiger partial charge is 0.469 e. The van der Waals surface area contributed by atoms with Gasteiger partial charge in [0.2, 0.25) is 0 Å². The van der Waals surface area contributed by atoms with Gasteiger partial charge in [-0.15, -0.1) is 0 Å². The SMILES string of the molecule is COC(=O)CCC(=O)CC(O)c1c(F)cccc1Cl. The van der Waals surface area contributed by atoms with Gasteiger partial charge in [-0.3, -0.25) is 9.59 Å². The van der Waals surface area contributed by atoms with E-state index in [9.17, 15) is 19.1 Å². The summed E-state index contributed by atoms with van der Waals surface area (Å²) in [6, 6.07) is 4.00. The zero-order valence-corrected chi connectivity index (χ0v) is 11.1. The zero-order valence-electron chi connectivity index (χ0n) is 10.4. The molecule has 0 bridgehead atoms. The van der Waals surface area contributed by atoms with Gasteiger partial charge in [-0.05, 0) is 12.1 Å². The van der Waals surface area contributed by atoms with Gasteiger partial charge in [0.25, 0.3) is 0 Å². The number of aliphatic hydroxyl groups is 1. The molecule has 1 aromatic carbocycles. The second kappa shape index (κ2) is 7.21. The monoisotopic (exact) mass is 288 g/mol. The number of carbonyl (C=O) groups excluding carboxylic acids is 2. The maximum absolute atomic E-state index is 13.5. The molecule has 0 aliphatic carbocycles. The molecule has 1 unspecified atom stereocenters. The summed E-state index contributed by atoms with van der Waals surface area (Å²) in [5, 5.41) is 9.88. The van der Waals surface area contributed by atoms with E-state index in [1.807, 2.05) is 0 Å². The van der Waals surface area contributed by atoms with Crippen molar-refractivity contribution in [3.8, 4) is 0 Å². The van der Waals surface area contributed by atoms with Crippen LogP contribution in [0.3, 0.4) is 0 Å². The summed E-state index contributed by atoms with van der Waals surface area (Å²) in [7, 11) is 1.22. The number of esters is 1. The summed E-state index contributed by atoms with van der Waals surface area (Å²) < 4.78 is 17.9. The predicted molar refractivity (Wildman–Crippen MR) is 67.2 cm³/mol. The summed E-state index contributed by atoms with van der Waals surface area (Å²) in [4.78, 5) is 22.4. The van der Waals surface area contributed by atoms with Crippen LogP contribution in [0.5, 0.6) is 0 Å². The van der Waals surface area contributed by atoms with Crippen molar-refractivity contribution in [1.29, 1.82) is 0 Å². The fraction of sp³-hybridized carbons (Fsp3) is 0.385. The third-order valence-electron chi connectivity index (χ3n) is 2.59. The van der Waals surface area contributed by atoms with Crippen LogP contribution in [0.2, 0.25) is 5.02 Å². The number of methoxy groups -OCH3 is 1. The molecular formula is C13H14ClFO4. The van der Waals surface area contributed by atoms with Crippen molar-refractivity contribution in [3.63, 3.8) is 0 Å². The fourth-order valence-corrected chi connectivity index (χ4v) is 1.88. The Morgan fingerprint density at radius 2 is 2.11 bits per heavy atom. The molecule has 0 aromatic heterocycles. The molecule has 0 saturated carbocycles. The lowest BCUT2D eigenvalue weighted by atomic mass is 10.0. The summed E-state index contributed by atoms with van der Waals surface area (Å²) >= 11 is 5.77. The summed E-state index contributed by atoms with van der Waals surface area (Å²) in [5.41, 5.74) is -0.101. The fourth-order valence-electron chi connectivity index (χ4n) is 1.59. The number of Topliss-reactive ketones (excluding diaryl/α,β-unsaturated/α-hetero) is 1. The van der Waals surface area contributed by atoms with Crippen molar-refractivity contribution >= 4 is 23.4 Å². The molecule has 1 rings (SSSR count). The third-order valence-corrected chi connectivity index (χ3v) is 2.92. The molecule has 4 nitrogen and oxygen atoms in total. The minimum absolute atomic E-state index is 0.0597. The number of halogens is 2. The van der Waals surface area contributed by atoms with E-state index in [2.05, 4.69) is 4.74 Å². The first kappa shape index (κ1) is 15.6. The molecule has 0 fully saturated rings. The second-order valence-corrected chi connectivity index (χ2v) is 4.38. The van der Waals surface area contributed by atoms with E-state index in [1.165, 1.54) is 19.2 Å². The molecule has 19 heavy (non-hydrogen) atoms. The standard InChI is InChI=1S/C13H14ClFO4/c1-19-12(18)6-5-8(16)7-11(17)13-9(14)3-2-4-10(13)15/h2-4,11,17H,5-7H2,1H3. The molecule has 0 amide bonds. The van der Waals surface area contributed by atoms with Gasteiger partial charge in [0.1, 0.15) is 11.6 Å². The van der Waals surface area contributed by atoms with Crippen molar-refractivity contribution in [1.82, 2.24) is 0 Å². The molecule has 6 heteroatoms. The van der Waals surface area contributed by atoms with Gasteiger partial charge in [-0.1, -0.05) is 17.7 Å². The lowest BCUT2D eigenvalue weighted by molar-refractivity contribution is -0.142. The first-order valence-electron chi connectivity index (χ1n) is 5.66. The van der Waals surface area contributed by atoms with E-state index in [4.69, 9.17) is 11.6 Å². The molecule has 0 saturated heterocycles. The quantitative estimate of drug-likeness (QED) is 0.817. The van der Waals surface area contributed by atoms with Gasteiger partial charge in [0, 0.05) is 23.4 Å². The van der Waals surface area contributed by atoms with Crippen LogP contribution in [0.1, 0.15) is 30.9 Å². The first-order valence-corrected chi connectivity index (χ1v) is 6.04. The van der Waals surface area contributed by atoms with Crippen molar-refractivity contribution in [2.75, 3.05) is 7.11 Å². The summed E-state index contributed by atoms with van der Waals surface area (Å²) in [6.45, 7) is 0. The van der Waals surface area contributed by atoms with E-state index < -0.39 is 17.9 Å². The predicted octanol–water partition coefficient (Wildman–Crippen LogP) is 2.42. The van der Waals surface area contributed by atoms with E-state index in [1.54, 1.807) is 0 Å². The number of ether oxygens (including phenoxy) is 1. The third kappa shape index (κ3) is 4.61. The van der Waals surface area contributed by atoms with E-state index in [-0.39, 0.29) is 35.6 Å². The average Bonchev–Trinajstić information content (AvgIpc) is 2.35. The molecule has 0 heterocycles. The van der Waals surface area contributed by atoms with E-state index >= 15 is 0 Å². The molecule has 0 aliphatic rings. The van der Waals surface area contributed by atoms with Crippen LogP contribution >= 0.6 is 11.6 Å². The van der Waals surface area contributed by atoms with Gasteiger partial charge < -0.3 is 9.84 Å². The molecule has 0 aliphatic heterocycles. The van der Waals surface area contributed by atoms with Crippen LogP contribution in [0.15, 0.2) is 18.2 Å². The maximum Gasteiger partial charge on any atom is 0.305 e. The Balaban J connectivity index is 2.62. The van der Waals surface area contributed by atoms with Crippen molar-refractivity contribution < 1.29 is 23.8 Å². The van der Waals surface area contributed by atoms with E-state index in [0.29, 0.717) is 0 Å². The molecule has 0 spiro atoms. The van der Waals surface area contributed by atoms with Crippen LogP contribution < -0.4 is 0 Å². The van der Waals surface area contributed by atoms with Gasteiger partial charge >= 0.3 is 5.97 Å². The lowest BCUT2D eigenvalue weighted by Crippen LogP contribution is -2.11. The van der Waals surface area contributed by atoms with Gasteiger partial charge in [-0.2, -0.15) is 0 Å². The number of rotatable bonds is 6. The van der Waals surface area contributed by atoms with Gasteiger partial charge in [-0.25, -0.2) is 4.39 Å². The minimum Gasteiger partial charge on any atom is -0.469 e. The molecule has 1 aromatic rings. The number of carbonyl (C=O) groups is 2. The highest BCUT2D eigenvalue weighted by molar-refractivity contribution is 6.31. The number of ketones is 1. The van der Waals surface area contributed by atoms with Gasteiger partial charge in [0.15, 0.2) is 0 Å². The Labute approximate surface area is 115 Å². The minimum atomic E-state index is -1.32. The first-order chi connectivity index (χ1) is 8.95. The van der Waals surface area contributed by atoms with E-state index in [0.717, 1.165) is 6.07 Å². The molecular weight excluding hydrogens is 275 g/mol. The normalized spacial score (nSPS) is 12.0. The highest BCUT2D eigenvalue weighted by atomic mass is 35.5.